The van der Waals surface area contributed by atoms with E-state index in [1.165, 1.54) is 0 Å². The van der Waals surface area contributed by atoms with Crippen molar-refractivity contribution >= 4 is 22.6 Å². The van der Waals surface area contributed by atoms with E-state index in [2.05, 4.69) is 0 Å². The van der Waals surface area contributed by atoms with E-state index >= 15 is 0 Å². The molecule has 0 atom stereocenters. The van der Waals surface area contributed by atoms with E-state index in [0.29, 0.717) is 44.0 Å². The third-order valence-corrected chi connectivity index (χ3v) is 5.99. The third-order valence-electron chi connectivity index (χ3n) is 5.99. The summed E-state index contributed by atoms with van der Waals surface area (Å²) in [6.45, 7) is 1.48. The molecule has 3 aromatic carbocycles. The standard InChI is InChI=1S/C29H30N2O4/c1-34-20-18-31(29(33)27-15-7-12-24-11-5-6-14-26(24)27)22-28(32)30(21-25-13-8-19-35-25)17-16-23-9-3-2-4-10-23/h2-15,19H,16-18,20-22H2,1H3. The van der Waals surface area contributed by atoms with Gasteiger partial charge in [-0.25, -0.2) is 0 Å². The van der Waals surface area contributed by atoms with E-state index < -0.39 is 0 Å². The average molecular weight is 471 g/mol. The minimum absolute atomic E-state index is 0.0408. The Bertz CT molecular complexity index is 1230. The minimum atomic E-state index is -0.187. The van der Waals surface area contributed by atoms with Crippen molar-refractivity contribution in [2.45, 2.75) is 13.0 Å². The molecule has 4 rings (SSSR count). The normalized spacial score (nSPS) is 10.9. The van der Waals surface area contributed by atoms with Gasteiger partial charge in [0.2, 0.25) is 5.91 Å². The molecule has 6 nitrogen and oxygen atoms in total. The second-order valence-corrected chi connectivity index (χ2v) is 8.38. The van der Waals surface area contributed by atoms with Gasteiger partial charge in [-0.1, -0.05) is 66.7 Å². The number of hydrogen-bond acceptors (Lipinski definition) is 4. The summed E-state index contributed by atoms with van der Waals surface area (Å²) < 4.78 is 10.8. The fraction of sp³-hybridized carbons (Fsp3) is 0.241. The Morgan fingerprint density at radius 1 is 0.829 bits per heavy atom. The molecule has 0 aliphatic rings. The van der Waals surface area contributed by atoms with Crippen LogP contribution in [0, 0.1) is 0 Å². The quantitative estimate of drug-likeness (QED) is 0.316. The molecule has 1 heterocycles. The predicted molar refractivity (Wildman–Crippen MR) is 136 cm³/mol. The van der Waals surface area contributed by atoms with Crippen molar-refractivity contribution in [2.24, 2.45) is 0 Å². The Balaban J connectivity index is 1.54. The van der Waals surface area contributed by atoms with E-state index in [9.17, 15) is 9.59 Å². The zero-order valence-electron chi connectivity index (χ0n) is 19.9. The molecule has 0 radical (unpaired) electrons. The van der Waals surface area contributed by atoms with Crippen LogP contribution in [0.3, 0.4) is 0 Å². The summed E-state index contributed by atoms with van der Waals surface area (Å²) in [4.78, 5) is 30.4. The highest BCUT2D eigenvalue weighted by atomic mass is 16.5. The fourth-order valence-electron chi connectivity index (χ4n) is 4.09. The third kappa shape index (κ3) is 6.37. The van der Waals surface area contributed by atoms with Crippen molar-refractivity contribution < 1.29 is 18.7 Å². The van der Waals surface area contributed by atoms with Crippen LogP contribution in [0.15, 0.2) is 95.6 Å². The first-order valence-corrected chi connectivity index (χ1v) is 11.8. The summed E-state index contributed by atoms with van der Waals surface area (Å²) in [7, 11) is 1.59. The molecule has 0 aliphatic carbocycles. The molecule has 0 spiro atoms. The monoisotopic (exact) mass is 470 g/mol. The number of methoxy groups -OCH3 is 1. The molecule has 6 heteroatoms. The number of carbonyl (C=O) groups excluding carboxylic acids is 2. The number of benzene rings is 3. The molecule has 0 unspecified atom stereocenters. The van der Waals surface area contributed by atoms with Gasteiger partial charge in [0, 0.05) is 25.8 Å². The van der Waals surface area contributed by atoms with Gasteiger partial charge in [0.15, 0.2) is 0 Å². The lowest BCUT2D eigenvalue weighted by molar-refractivity contribution is -0.132. The molecule has 180 valence electrons. The largest absolute Gasteiger partial charge is 0.467 e. The Hall–Kier alpha value is -3.90. The van der Waals surface area contributed by atoms with Crippen LogP contribution in [0.25, 0.3) is 10.8 Å². The summed E-state index contributed by atoms with van der Waals surface area (Å²) in [5.74, 6) is 0.380. The van der Waals surface area contributed by atoms with Crippen LogP contribution in [-0.4, -0.2) is 55.0 Å². The number of nitrogens with zero attached hydrogens (tertiary/aromatic N) is 2. The summed E-state index contributed by atoms with van der Waals surface area (Å²) in [6.07, 6.45) is 2.31. The van der Waals surface area contributed by atoms with Crippen LogP contribution in [0.5, 0.6) is 0 Å². The summed E-state index contributed by atoms with van der Waals surface area (Å²) in [6, 6.07) is 27.1. The van der Waals surface area contributed by atoms with Crippen molar-refractivity contribution in [3.63, 3.8) is 0 Å². The molecule has 0 N–H and O–H groups in total. The summed E-state index contributed by atoms with van der Waals surface area (Å²) in [5, 5.41) is 1.85. The van der Waals surface area contributed by atoms with Gasteiger partial charge in [0.05, 0.1) is 19.4 Å². The maximum absolute atomic E-state index is 13.6. The number of carbonyl (C=O) groups is 2. The number of rotatable bonds is 11. The minimum Gasteiger partial charge on any atom is -0.467 e. The van der Waals surface area contributed by atoms with Crippen LogP contribution in [0.1, 0.15) is 21.7 Å². The van der Waals surface area contributed by atoms with Gasteiger partial charge in [-0.2, -0.15) is 0 Å². The zero-order chi connectivity index (χ0) is 24.5. The van der Waals surface area contributed by atoms with E-state index in [1.54, 1.807) is 23.2 Å². The highest BCUT2D eigenvalue weighted by molar-refractivity contribution is 6.07. The van der Waals surface area contributed by atoms with Crippen LogP contribution in [0.4, 0.5) is 0 Å². The predicted octanol–water partition coefficient (Wildman–Crippen LogP) is 4.79. The molecule has 2 amide bonds. The van der Waals surface area contributed by atoms with Gasteiger partial charge in [-0.05, 0) is 41.0 Å². The van der Waals surface area contributed by atoms with Crippen LogP contribution in [0.2, 0.25) is 0 Å². The molecule has 0 aliphatic heterocycles. The number of hydrogen-bond donors (Lipinski definition) is 0. The van der Waals surface area contributed by atoms with Crippen molar-refractivity contribution in [3.8, 4) is 0 Å². The fourth-order valence-corrected chi connectivity index (χ4v) is 4.09. The lowest BCUT2D eigenvalue weighted by atomic mass is 10.0. The summed E-state index contributed by atoms with van der Waals surface area (Å²) >= 11 is 0. The van der Waals surface area contributed by atoms with Gasteiger partial charge in [0.25, 0.3) is 5.91 Å². The lowest BCUT2D eigenvalue weighted by Crippen LogP contribution is -2.44. The van der Waals surface area contributed by atoms with Gasteiger partial charge in [-0.15, -0.1) is 0 Å². The van der Waals surface area contributed by atoms with Crippen molar-refractivity contribution in [2.75, 3.05) is 33.4 Å². The first-order valence-electron chi connectivity index (χ1n) is 11.8. The molecule has 0 saturated heterocycles. The number of amides is 2. The van der Waals surface area contributed by atoms with Gasteiger partial charge in [0.1, 0.15) is 12.3 Å². The van der Waals surface area contributed by atoms with Gasteiger partial charge < -0.3 is 19.0 Å². The maximum Gasteiger partial charge on any atom is 0.255 e. The van der Waals surface area contributed by atoms with Crippen LogP contribution in [-0.2, 0) is 22.5 Å². The number of furan rings is 1. The molecular formula is C29H30N2O4. The molecule has 4 aromatic rings. The van der Waals surface area contributed by atoms with E-state index in [0.717, 1.165) is 16.3 Å². The van der Waals surface area contributed by atoms with E-state index in [-0.39, 0.29) is 18.4 Å². The van der Waals surface area contributed by atoms with Crippen molar-refractivity contribution in [1.29, 1.82) is 0 Å². The summed E-state index contributed by atoms with van der Waals surface area (Å²) in [5.41, 5.74) is 1.72. The topological polar surface area (TPSA) is 63.0 Å². The molecule has 35 heavy (non-hydrogen) atoms. The highest BCUT2D eigenvalue weighted by Crippen LogP contribution is 2.20. The molecule has 0 fully saturated rings. The second kappa shape index (κ2) is 12.0. The molecule has 0 saturated carbocycles. The Labute approximate surface area is 205 Å². The SMILES string of the molecule is COCCN(CC(=O)N(CCc1ccccc1)Cc1ccco1)C(=O)c1cccc2ccccc12. The van der Waals surface area contributed by atoms with Gasteiger partial charge in [-0.3, -0.25) is 9.59 Å². The lowest BCUT2D eigenvalue weighted by Gasteiger charge is -2.27. The number of fused-ring (bicyclic) bond motifs is 1. The van der Waals surface area contributed by atoms with Crippen LogP contribution >= 0.6 is 0 Å². The Morgan fingerprint density at radius 3 is 2.37 bits per heavy atom. The smallest absolute Gasteiger partial charge is 0.255 e. The maximum atomic E-state index is 13.6. The van der Waals surface area contributed by atoms with Crippen LogP contribution < -0.4 is 0 Å². The number of ether oxygens (including phenoxy) is 1. The second-order valence-electron chi connectivity index (χ2n) is 8.38. The molecular weight excluding hydrogens is 440 g/mol. The van der Waals surface area contributed by atoms with Gasteiger partial charge >= 0.3 is 0 Å². The zero-order valence-corrected chi connectivity index (χ0v) is 19.9. The average Bonchev–Trinajstić information content (AvgIpc) is 3.42. The molecule has 1 aromatic heterocycles. The van der Waals surface area contributed by atoms with E-state index in [1.807, 2.05) is 84.9 Å². The van der Waals surface area contributed by atoms with Crippen molar-refractivity contribution in [1.82, 2.24) is 9.80 Å². The first-order chi connectivity index (χ1) is 17.2. The Morgan fingerprint density at radius 2 is 1.60 bits per heavy atom. The highest BCUT2D eigenvalue weighted by Gasteiger charge is 2.24. The first kappa shape index (κ1) is 24.2. The van der Waals surface area contributed by atoms with Crippen molar-refractivity contribution in [3.05, 3.63) is 108 Å². The molecule has 0 bridgehead atoms. The van der Waals surface area contributed by atoms with E-state index in [4.69, 9.17) is 9.15 Å². The Kier molecular flexibility index (Phi) is 8.30.